The van der Waals surface area contributed by atoms with E-state index in [1.807, 2.05) is 47.2 Å². The van der Waals surface area contributed by atoms with Crippen molar-refractivity contribution < 1.29 is 4.79 Å². The summed E-state index contributed by atoms with van der Waals surface area (Å²) in [6.45, 7) is 6.96. The topological polar surface area (TPSA) is 53.4 Å². The highest BCUT2D eigenvalue weighted by Crippen LogP contribution is 2.16. The maximum Gasteiger partial charge on any atom is 0.255 e. The third-order valence-electron chi connectivity index (χ3n) is 6.45. The van der Waals surface area contributed by atoms with Crippen molar-refractivity contribution in [2.75, 3.05) is 31.5 Å². The Balaban J connectivity index is 1.10. The molecule has 1 aliphatic rings. The van der Waals surface area contributed by atoms with Gasteiger partial charge in [-0.1, -0.05) is 54.6 Å². The molecule has 0 saturated carbocycles. The predicted molar refractivity (Wildman–Crippen MR) is 139 cm³/mol. The second-order valence-electron chi connectivity index (χ2n) is 9.12. The molecule has 0 bridgehead atoms. The fourth-order valence-electron chi connectivity index (χ4n) is 4.50. The van der Waals surface area contributed by atoms with Crippen molar-refractivity contribution in [3.8, 4) is 0 Å². The number of piperazine rings is 1. The first-order valence-electron chi connectivity index (χ1n) is 12.1. The molecule has 0 spiro atoms. The molecule has 6 heteroatoms. The van der Waals surface area contributed by atoms with Gasteiger partial charge in [0.2, 0.25) is 0 Å². The number of anilines is 1. The Morgan fingerprint density at radius 3 is 2.06 bits per heavy atom. The van der Waals surface area contributed by atoms with Crippen LogP contribution in [0.4, 0.5) is 5.69 Å². The first-order valence-corrected chi connectivity index (χ1v) is 12.1. The molecule has 1 amide bonds. The van der Waals surface area contributed by atoms with E-state index in [-0.39, 0.29) is 5.91 Å². The molecule has 4 aromatic rings. The number of hydrogen-bond donors (Lipinski definition) is 1. The van der Waals surface area contributed by atoms with Gasteiger partial charge in [0.15, 0.2) is 0 Å². The quantitative estimate of drug-likeness (QED) is 0.416. The van der Waals surface area contributed by atoms with Crippen LogP contribution in [0, 0.1) is 0 Å². The molecular weight excluding hydrogens is 434 g/mol. The molecular formula is C29H31N5O. The van der Waals surface area contributed by atoms with E-state index in [0.29, 0.717) is 12.1 Å². The normalized spacial score (nSPS) is 14.6. The van der Waals surface area contributed by atoms with Crippen molar-refractivity contribution in [2.45, 2.75) is 19.6 Å². The summed E-state index contributed by atoms with van der Waals surface area (Å²) in [7, 11) is 0. The predicted octanol–water partition coefficient (Wildman–Crippen LogP) is 4.50. The summed E-state index contributed by atoms with van der Waals surface area (Å²) in [6, 6.07) is 26.6. The summed E-state index contributed by atoms with van der Waals surface area (Å²) in [6.07, 6.45) is 5.45. The maximum absolute atomic E-state index is 12.8. The van der Waals surface area contributed by atoms with E-state index in [1.54, 1.807) is 12.5 Å². The molecule has 3 aromatic carbocycles. The fraction of sp³-hybridized carbons (Fsp3) is 0.241. The Bertz CT molecular complexity index is 1210. The van der Waals surface area contributed by atoms with E-state index in [2.05, 4.69) is 62.6 Å². The van der Waals surface area contributed by atoms with E-state index in [9.17, 15) is 4.79 Å². The number of benzene rings is 3. The Labute approximate surface area is 206 Å². The van der Waals surface area contributed by atoms with Crippen molar-refractivity contribution in [3.63, 3.8) is 0 Å². The van der Waals surface area contributed by atoms with E-state index >= 15 is 0 Å². The van der Waals surface area contributed by atoms with Crippen LogP contribution >= 0.6 is 0 Å². The van der Waals surface area contributed by atoms with Gasteiger partial charge >= 0.3 is 0 Å². The smallest absolute Gasteiger partial charge is 0.255 e. The van der Waals surface area contributed by atoms with Crippen LogP contribution in [-0.4, -0.2) is 51.4 Å². The van der Waals surface area contributed by atoms with Crippen molar-refractivity contribution >= 4 is 11.6 Å². The zero-order valence-corrected chi connectivity index (χ0v) is 19.9. The minimum atomic E-state index is -0.0974. The Hall–Kier alpha value is -3.74. The van der Waals surface area contributed by atoms with Gasteiger partial charge in [0.05, 0.1) is 6.33 Å². The number of rotatable bonds is 8. The van der Waals surface area contributed by atoms with Crippen molar-refractivity contribution in [1.29, 1.82) is 0 Å². The first-order chi connectivity index (χ1) is 17.2. The molecule has 1 fully saturated rings. The second kappa shape index (κ2) is 11.1. The van der Waals surface area contributed by atoms with E-state index in [1.165, 1.54) is 11.1 Å². The largest absolute Gasteiger partial charge is 0.333 e. The monoisotopic (exact) mass is 465 g/mol. The van der Waals surface area contributed by atoms with Crippen LogP contribution in [0.3, 0.4) is 0 Å². The van der Waals surface area contributed by atoms with Gasteiger partial charge in [0.25, 0.3) is 5.91 Å². The van der Waals surface area contributed by atoms with Gasteiger partial charge in [-0.3, -0.25) is 14.6 Å². The number of nitrogens with zero attached hydrogens (tertiary/aromatic N) is 4. The van der Waals surface area contributed by atoms with Crippen LogP contribution in [-0.2, 0) is 19.6 Å². The first kappa shape index (κ1) is 23.0. The van der Waals surface area contributed by atoms with Crippen LogP contribution < -0.4 is 5.32 Å². The SMILES string of the molecule is O=C(Nc1ccc(CN2CCN(Cc3ccccc3)CC2)cc1)c1cccc(Cn2ccnc2)c1. The summed E-state index contributed by atoms with van der Waals surface area (Å²) in [5.41, 5.74) is 5.17. The zero-order valence-electron chi connectivity index (χ0n) is 19.9. The van der Waals surface area contributed by atoms with Gasteiger partial charge in [-0.15, -0.1) is 0 Å². The molecule has 0 aliphatic carbocycles. The Morgan fingerprint density at radius 1 is 0.743 bits per heavy atom. The summed E-state index contributed by atoms with van der Waals surface area (Å²) in [5, 5.41) is 3.03. The highest BCUT2D eigenvalue weighted by molar-refractivity contribution is 6.04. The number of imidazole rings is 1. The van der Waals surface area contributed by atoms with Crippen molar-refractivity contribution in [1.82, 2.24) is 19.4 Å². The van der Waals surface area contributed by atoms with Crippen molar-refractivity contribution in [2.24, 2.45) is 0 Å². The van der Waals surface area contributed by atoms with Crippen molar-refractivity contribution in [3.05, 3.63) is 120 Å². The van der Waals surface area contributed by atoms with Crippen LogP contribution in [0.25, 0.3) is 0 Å². The summed E-state index contributed by atoms with van der Waals surface area (Å²) in [5.74, 6) is -0.0974. The highest BCUT2D eigenvalue weighted by atomic mass is 16.1. The molecule has 178 valence electrons. The lowest BCUT2D eigenvalue weighted by Gasteiger charge is -2.34. The lowest BCUT2D eigenvalue weighted by atomic mass is 10.1. The van der Waals surface area contributed by atoms with Crippen LogP contribution in [0.2, 0.25) is 0 Å². The average molecular weight is 466 g/mol. The third-order valence-corrected chi connectivity index (χ3v) is 6.45. The number of carbonyl (C=O) groups is 1. The van der Waals surface area contributed by atoms with Gasteiger partial charge in [-0.25, -0.2) is 4.98 Å². The van der Waals surface area contributed by atoms with Crippen LogP contribution in [0.1, 0.15) is 27.0 Å². The van der Waals surface area contributed by atoms with E-state index in [4.69, 9.17) is 0 Å². The van der Waals surface area contributed by atoms with Crippen LogP contribution in [0.5, 0.6) is 0 Å². The summed E-state index contributed by atoms with van der Waals surface area (Å²) >= 11 is 0. The number of aromatic nitrogens is 2. The molecule has 5 rings (SSSR count). The molecule has 0 radical (unpaired) electrons. The van der Waals surface area contributed by atoms with Gasteiger partial charge in [-0.2, -0.15) is 0 Å². The van der Waals surface area contributed by atoms with Gasteiger partial charge in [0.1, 0.15) is 0 Å². The molecule has 1 aliphatic heterocycles. The third kappa shape index (κ3) is 6.44. The molecule has 1 saturated heterocycles. The minimum Gasteiger partial charge on any atom is -0.333 e. The van der Waals surface area contributed by atoms with E-state index < -0.39 is 0 Å². The fourth-order valence-corrected chi connectivity index (χ4v) is 4.50. The molecule has 35 heavy (non-hydrogen) atoms. The minimum absolute atomic E-state index is 0.0974. The molecule has 1 aromatic heterocycles. The van der Waals surface area contributed by atoms with Gasteiger partial charge in [-0.05, 0) is 41.0 Å². The lowest BCUT2D eigenvalue weighted by molar-refractivity contribution is 0.102. The Morgan fingerprint density at radius 2 is 1.40 bits per heavy atom. The molecule has 2 heterocycles. The number of amides is 1. The number of hydrogen-bond acceptors (Lipinski definition) is 4. The Kier molecular flexibility index (Phi) is 7.32. The number of carbonyl (C=O) groups excluding carboxylic acids is 1. The highest BCUT2D eigenvalue weighted by Gasteiger charge is 2.17. The molecule has 0 atom stereocenters. The second-order valence-corrected chi connectivity index (χ2v) is 9.12. The van der Waals surface area contributed by atoms with Gasteiger partial charge in [0, 0.05) is 69.5 Å². The molecule has 0 unspecified atom stereocenters. The van der Waals surface area contributed by atoms with E-state index in [0.717, 1.165) is 50.5 Å². The van der Waals surface area contributed by atoms with Crippen LogP contribution in [0.15, 0.2) is 97.6 Å². The maximum atomic E-state index is 12.8. The molecule has 1 N–H and O–H groups in total. The van der Waals surface area contributed by atoms with Gasteiger partial charge < -0.3 is 9.88 Å². The average Bonchev–Trinajstić information content (AvgIpc) is 3.40. The zero-order chi connectivity index (χ0) is 23.9. The standard InChI is InChI=1S/C29H31N5O/c35-29(27-8-4-7-26(19-27)22-34-14-13-30-23-34)31-28-11-9-25(10-12-28)21-33-17-15-32(16-18-33)20-24-5-2-1-3-6-24/h1-14,19,23H,15-18,20-22H2,(H,31,35). The molecule has 6 nitrogen and oxygen atoms in total. The number of nitrogens with one attached hydrogen (secondary N) is 1. The summed E-state index contributed by atoms with van der Waals surface area (Å²) < 4.78 is 1.99. The summed E-state index contributed by atoms with van der Waals surface area (Å²) in [4.78, 5) is 21.9. The lowest BCUT2D eigenvalue weighted by Crippen LogP contribution is -2.45.